The van der Waals surface area contributed by atoms with Gasteiger partial charge >= 0.3 is 0 Å². The monoisotopic (exact) mass is 517 g/mol. The number of carbonyl (C=O) groups excluding carboxylic acids is 2. The second-order valence-corrected chi connectivity index (χ2v) is 10.2. The van der Waals surface area contributed by atoms with E-state index in [4.69, 9.17) is 23.2 Å². The Morgan fingerprint density at radius 1 is 1.12 bits per heavy atom. The second-order valence-electron chi connectivity index (χ2n) is 7.45. The van der Waals surface area contributed by atoms with E-state index in [1.807, 2.05) is 0 Å². The molecule has 0 saturated heterocycles. The van der Waals surface area contributed by atoms with Crippen molar-refractivity contribution in [3.63, 3.8) is 0 Å². The van der Waals surface area contributed by atoms with Crippen LogP contribution >= 0.6 is 23.2 Å². The molecule has 1 atom stereocenters. The predicted octanol–water partition coefficient (Wildman–Crippen LogP) is 3.84. The maximum Gasteiger partial charge on any atom is 0.242 e. The minimum absolute atomic E-state index is 0.0525. The third-order valence-corrected chi connectivity index (χ3v) is 6.94. The Bertz CT molecular complexity index is 1110. The van der Waals surface area contributed by atoms with Gasteiger partial charge in [-0.1, -0.05) is 41.4 Å². The molecule has 0 aromatic heterocycles. The van der Waals surface area contributed by atoms with Crippen LogP contribution in [0.1, 0.15) is 25.3 Å². The van der Waals surface area contributed by atoms with Crippen molar-refractivity contribution in [2.45, 2.75) is 32.4 Å². The summed E-state index contributed by atoms with van der Waals surface area (Å²) in [6.45, 7) is 1.60. The summed E-state index contributed by atoms with van der Waals surface area (Å²) in [6.07, 6.45) is 1.05. The molecule has 0 unspecified atom stereocenters. The van der Waals surface area contributed by atoms with Gasteiger partial charge in [-0.15, -0.1) is 0 Å². The lowest BCUT2D eigenvalue weighted by molar-refractivity contribution is -0.140. The fraction of sp³-hybridized carbons (Fsp3) is 0.364. The number of amides is 2. The molecule has 0 aliphatic rings. The number of hydrogen-bond donors (Lipinski definition) is 1. The number of nitrogens with one attached hydrogen (secondary N) is 1. The molecule has 0 radical (unpaired) electrons. The van der Waals surface area contributed by atoms with E-state index in [9.17, 15) is 22.4 Å². The molecular formula is C22H26Cl2FN3O4S. The molecule has 0 fully saturated rings. The molecule has 0 heterocycles. The lowest BCUT2D eigenvalue weighted by Gasteiger charge is -2.29. The average molecular weight is 518 g/mol. The molecule has 2 amide bonds. The Kier molecular flexibility index (Phi) is 9.51. The van der Waals surface area contributed by atoms with Crippen LogP contribution in [0.2, 0.25) is 10.0 Å². The van der Waals surface area contributed by atoms with Crippen molar-refractivity contribution in [3.05, 3.63) is 63.9 Å². The molecule has 2 aromatic rings. The van der Waals surface area contributed by atoms with Gasteiger partial charge in [0.05, 0.1) is 22.0 Å². The van der Waals surface area contributed by atoms with Crippen LogP contribution in [0.5, 0.6) is 0 Å². The molecule has 11 heteroatoms. The summed E-state index contributed by atoms with van der Waals surface area (Å²) in [7, 11) is -2.30. The first-order valence-corrected chi connectivity index (χ1v) is 12.7. The van der Waals surface area contributed by atoms with Gasteiger partial charge in [-0.25, -0.2) is 12.8 Å². The smallest absolute Gasteiger partial charge is 0.242 e. The molecular weight excluding hydrogens is 492 g/mol. The molecule has 0 aliphatic heterocycles. The normalized spacial score (nSPS) is 12.2. The van der Waals surface area contributed by atoms with E-state index in [0.29, 0.717) is 15.6 Å². The van der Waals surface area contributed by atoms with Gasteiger partial charge < -0.3 is 10.2 Å². The summed E-state index contributed by atoms with van der Waals surface area (Å²) in [4.78, 5) is 26.6. The van der Waals surface area contributed by atoms with Crippen LogP contribution in [0.4, 0.5) is 10.1 Å². The lowest BCUT2D eigenvalue weighted by atomic mass is 10.1. The zero-order valence-electron chi connectivity index (χ0n) is 18.5. The summed E-state index contributed by atoms with van der Waals surface area (Å²) in [5.41, 5.74) is 0.594. The van der Waals surface area contributed by atoms with Crippen molar-refractivity contribution in [2.24, 2.45) is 0 Å². The third-order valence-electron chi connectivity index (χ3n) is 5.02. The predicted molar refractivity (Wildman–Crippen MR) is 128 cm³/mol. The summed E-state index contributed by atoms with van der Waals surface area (Å²) in [5, 5.41) is 3.21. The number of likely N-dealkylation sites (N-methyl/N-ethyl adjacent to an activating group) is 1. The molecule has 0 aliphatic carbocycles. The van der Waals surface area contributed by atoms with Gasteiger partial charge in [-0.3, -0.25) is 13.9 Å². The number of rotatable bonds is 10. The van der Waals surface area contributed by atoms with Gasteiger partial charge in [0.2, 0.25) is 21.8 Å². The molecule has 180 valence electrons. The molecule has 33 heavy (non-hydrogen) atoms. The Labute approximate surface area is 203 Å². The maximum atomic E-state index is 14.2. The van der Waals surface area contributed by atoms with Crippen molar-refractivity contribution in [1.29, 1.82) is 0 Å². The van der Waals surface area contributed by atoms with Crippen LogP contribution in [-0.2, 0) is 26.2 Å². The van der Waals surface area contributed by atoms with E-state index >= 15 is 0 Å². The highest BCUT2D eigenvalue weighted by Crippen LogP contribution is 2.25. The van der Waals surface area contributed by atoms with Crippen LogP contribution < -0.4 is 9.62 Å². The largest absolute Gasteiger partial charge is 0.357 e. The van der Waals surface area contributed by atoms with Crippen LogP contribution in [0.25, 0.3) is 0 Å². The van der Waals surface area contributed by atoms with E-state index in [0.717, 1.165) is 10.6 Å². The maximum absolute atomic E-state index is 14.2. The summed E-state index contributed by atoms with van der Waals surface area (Å²) in [5.74, 6) is -1.39. The molecule has 2 aromatic carbocycles. The second kappa shape index (κ2) is 11.7. The van der Waals surface area contributed by atoms with Crippen molar-refractivity contribution >= 4 is 50.7 Å². The first kappa shape index (κ1) is 26.9. The highest BCUT2D eigenvalue weighted by Gasteiger charge is 2.26. The Morgan fingerprint density at radius 2 is 1.79 bits per heavy atom. The average Bonchev–Trinajstić information content (AvgIpc) is 2.76. The minimum Gasteiger partial charge on any atom is -0.357 e. The number of anilines is 1. The molecule has 2 rings (SSSR count). The number of sulfonamides is 1. The number of halogens is 3. The van der Waals surface area contributed by atoms with E-state index in [1.165, 1.54) is 36.2 Å². The molecule has 0 bridgehead atoms. The molecule has 0 saturated carbocycles. The van der Waals surface area contributed by atoms with E-state index in [-0.39, 0.29) is 43.4 Å². The Hall–Kier alpha value is -2.36. The number of hydrogen-bond acceptors (Lipinski definition) is 4. The summed E-state index contributed by atoms with van der Waals surface area (Å²) in [6, 6.07) is 9.67. The van der Waals surface area contributed by atoms with E-state index < -0.39 is 21.9 Å². The van der Waals surface area contributed by atoms with Gasteiger partial charge in [0.25, 0.3) is 0 Å². The molecule has 1 N–H and O–H groups in total. The van der Waals surface area contributed by atoms with Crippen molar-refractivity contribution in [2.75, 3.05) is 24.2 Å². The van der Waals surface area contributed by atoms with Crippen molar-refractivity contribution in [3.8, 4) is 0 Å². The van der Waals surface area contributed by atoms with Crippen LogP contribution in [-0.4, -0.2) is 51.0 Å². The first-order valence-electron chi connectivity index (χ1n) is 10.1. The zero-order valence-corrected chi connectivity index (χ0v) is 20.8. The fourth-order valence-electron chi connectivity index (χ4n) is 3.26. The van der Waals surface area contributed by atoms with Crippen LogP contribution in [0, 0.1) is 5.82 Å². The van der Waals surface area contributed by atoms with E-state index in [2.05, 4.69) is 5.32 Å². The van der Waals surface area contributed by atoms with Crippen molar-refractivity contribution in [1.82, 2.24) is 10.2 Å². The SMILES string of the molecule is CNC(=O)[C@@H](C)N(Cc1ccc(Cl)c(Cl)c1)C(=O)CCCN(c1ccccc1F)S(C)(=O)=O. The quantitative estimate of drug-likeness (QED) is 0.518. The number of para-hydroxylation sites is 1. The van der Waals surface area contributed by atoms with Gasteiger partial charge in [-0.05, 0) is 43.2 Å². The standard InChI is InChI=1S/C22H26Cl2FN3O4S/c1-15(22(30)26-2)27(14-16-10-11-17(23)18(24)13-16)21(29)9-6-12-28(33(3,31)32)20-8-5-4-7-19(20)25/h4-5,7-8,10-11,13,15H,6,9,12,14H2,1-3H3,(H,26,30)/t15-/m1/s1. The Morgan fingerprint density at radius 3 is 2.36 bits per heavy atom. The highest BCUT2D eigenvalue weighted by molar-refractivity contribution is 7.92. The minimum atomic E-state index is -3.77. The van der Waals surface area contributed by atoms with Crippen LogP contribution in [0.3, 0.4) is 0 Å². The number of carbonyl (C=O) groups is 2. The summed E-state index contributed by atoms with van der Waals surface area (Å²) < 4.78 is 39.5. The van der Waals surface area contributed by atoms with Crippen molar-refractivity contribution < 1.29 is 22.4 Å². The summed E-state index contributed by atoms with van der Waals surface area (Å²) >= 11 is 12.0. The molecule has 7 nitrogen and oxygen atoms in total. The van der Waals surface area contributed by atoms with Gasteiger partial charge in [0.15, 0.2) is 0 Å². The molecule has 0 spiro atoms. The van der Waals surface area contributed by atoms with E-state index in [1.54, 1.807) is 25.1 Å². The number of benzene rings is 2. The lowest BCUT2D eigenvalue weighted by Crippen LogP contribution is -2.46. The van der Waals surface area contributed by atoms with Gasteiger partial charge in [0, 0.05) is 26.6 Å². The third kappa shape index (κ3) is 7.31. The number of nitrogens with zero attached hydrogens (tertiary/aromatic N) is 2. The van der Waals surface area contributed by atoms with Crippen LogP contribution in [0.15, 0.2) is 42.5 Å². The Balaban J connectivity index is 2.18. The fourth-order valence-corrected chi connectivity index (χ4v) is 4.55. The van der Waals surface area contributed by atoms with Gasteiger partial charge in [0.1, 0.15) is 11.9 Å². The highest BCUT2D eigenvalue weighted by atomic mass is 35.5. The first-order chi connectivity index (χ1) is 15.5. The van der Waals surface area contributed by atoms with Gasteiger partial charge in [-0.2, -0.15) is 0 Å². The zero-order chi connectivity index (χ0) is 24.8. The topological polar surface area (TPSA) is 86.8 Å².